The first kappa shape index (κ1) is 16.8. The van der Waals surface area contributed by atoms with Crippen molar-refractivity contribution < 1.29 is 14.5 Å². The van der Waals surface area contributed by atoms with Crippen molar-refractivity contribution >= 4 is 17.3 Å². The van der Waals surface area contributed by atoms with Crippen LogP contribution in [0.5, 0.6) is 0 Å². The molecule has 25 heavy (non-hydrogen) atoms. The third-order valence-electron chi connectivity index (χ3n) is 4.38. The van der Waals surface area contributed by atoms with Crippen LogP contribution in [-0.4, -0.2) is 41.1 Å². The summed E-state index contributed by atoms with van der Waals surface area (Å²) in [6, 6.07) is 6.20. The fraction of sp³-hybridized carbons (Fsp3) is 0.353. The van der Waals surface area contributed by atoms with Gasteiger partial charge >= 0.3 is 5.97 Å². The van der Waals surface area contributed by atoms with E-state index in [4.69, 9.17) is 4.74 Å². The molecular formula is C17H18N4O4. The highest BCUT2D eigenvalue weighted by atomic mass is 16.6. The first-order valence-electron chi connectivity index (χ1n) is 7.97. The molecule has 1 aliphatic rings. The number of non-ortho nitro benzene ring substituents is 1. The number of rotatable bonds is 4. The second-order valence-electron chi connectivity index (χ2n) is 5.87. The number of anilines is 1. The van der Waals surface area contributed by atoms with Gasteiger partial charge in [-0.3, -0.25) is 10.1 Å². The average molecular weight is 342 g/mol. The zero-order chi connectivity index (χ0) is 17.8. The summed E-state index contributed by atoms with van der Waals surface area (Å²) in [6.07, 6.45) is 5.17. The van der Waals surface area contributed by atoms with Crippen molar-refractivity contribution in [3.05, 3.63) is 58.2 Å². The van der Waals surface area contributed by atoms with Crippen LogP contribution in [0.3, 0.4) is 0 Å². The van der Waals surface area contributed by atoms with Crippen molar-refractivity contribution in [3.63, 3.8) is 0 Å². The van der Waals surface area contributed by atoms with Crippen molar-refractivity contribution in [1.29, 1.82) is 0 Å². The number of carbonyl (C=O) groups is 1. The molecule has 130 valence electrons. The normalized spacial score (nSPS) is 17.2. The zero-order valence-electron chi connectivity index (χ0n) is 13.8. The maximum absolute atomic E-state index is 12.1. The predicted octanol–water partition coefficient (Wildman–Crippen LogP) is 2.56. The lowest BCUT2D eigenvalue weighted by atomic mass is 9.93. The number of methoxy groups -OCH3 is 1. The van der Waals surface area contributed by atoms with E-state index in [0.29, 0.717) is 12.2 Å². The summed E-state index contributed by atoms with van der Waals surface area (Å²) in [5.74, 6) is -0.361. The fourth-order valence-corrected chi connectivity index (χ4v) is 3.17. The van der Waals surface area contributed by atoms with Gasteiger partial charge in [-0.15, -0.1) is 0 Å². The molecule has 0 aliphatic carbocycles. The molecule has 1 fully saturated rings. The van der Waals surface area contributed by atoms with E-state index >= 15 is 0 Å². The van der Waals surface area contributed by atoms with Crippen LogP contribution < -0.4 is 4.90 Å². The van der Waals surface area contributed by atoms with Gasteiger partial charge < -0.3 is 9.64 Å². The van der Waals surface area contributed by atoms with Crippen LogP contribution in [0.15, 0.2) is 36.8 Å². The Labute approximate surface area is 144 Å². The Bertz CT molecular complexity index is 781. The third-order valence-corrected chi connectivity index (χ3v) is 4.38. The van der Waals surface area contributed by atoms with Gasteiger partial charge in [0.05, 0.1) is 23.3 Å². The molecule has 0 bridgehead atoms. The number of benzene rings is 1. The molecule has 1 aromatic carbocycles. The van der Waals surface area contributed by atoms with Crippen LogP contribution >= 0.6 is 0 Å². The Morgan fingerprint density at radius 2 is 2.24 bits per heavy atom. The molecule has 1 saturated heterocycles. The van der Waals surface area contributed by atoms with E-state index in [9.17, 15) is 14.9 Å². The summed E-state index contributed by atoms with van der Waals surface area (Å²) in [5.41, 5.74) is 1.69. The van der Waals surface area contributed by atoms with Gasteiger partial charge in [0.2, 0.25) is 0 Å². The molecule has 2 aromatic rings. The lowest BCUT2D eigenvalue weighted by Gasteiger charge is -2.34. The van der Waals surface area contributed by atoms with Crippen LogP contribution in [0.2, 0.25) is 0 Å². The quantitative estimate of drug-likeness (QED) is 0.478. The second-order valence-corrected chi connectivity index (χ2v) is 5.87. The van der Waals surface area contributed by atoms with E-state index in [1.165, 1.54) is 25.6 Å². The van der Waals surface area contributed by atoms with Gasteiger partial charge in [0.15, 0.2) is 0 Å². The van der Waals surface area contributed by atoms with Crippen molar-refractivity contribution in [2.24, 2.45) is 0 Å². The number of esters is 1. The molecule has 0 radical (unpaired) electrons. The van der Waals surface area contributed by atoms with Crippen LogP contribution in [0.4, 0.5) is 11.4 Å². The van der Waals surface area contributed by atoms with Crippen molar-refractivity contribution in [2.75, 3.05) is 25.1 Å². The third kappa shape index (κ3) is 3.57. The molecule has 8 nitrogen and oxygen atoms in total. The number of piperidine rings is 1. The van der Waals surface area contributed by atoms with Crippen LogP contribution in [0, 0.1) is 10.1 Å². The van der Waals surface area contributed by atoms with Gasteiger partial charge in [0, 0.05) is 43.0 Å². The number of carbonyl (C=O) groups excluding carboxylic acids is 1. The summed E-state index contributed by atoms with van der Waals surface area (Å²) in [6.45, 7) is 1.45. The van der Waals surface area contributed by atoms with Crippen molar-refractivity contribution in [1.82, 2.24) is 9.97 Å². The highest BCUT2D eigenvalue weighted by molar-refractivity contribution is 5.96. The number of hydrogen-bond acceptors (Lipinski definition) is 7. The molecule has 0 amide bonds. The Hall–Kier alpha value is -3.03. The van der Waals surface area contributed by atoms with E-state index in [2.05, 4.69) is 14.9 Å². The molecule has 1 atom stereocenters. The summed E-state index contributed by atoms with van der Waals surface area (Å²) in [4.78, 5) is 32.9. The smallest absolute Gasteiger partial charge is 0.340 e. The zero-order valence-corrected chi connectivity index (χ0v) is 13.8. The number of nitro benzene ring substituents is 1. The maximum atomic E-state index is 12.1. The average Bonchev–Trinajstić information content (AvgIpc) is 2.67. The summed E-state index contributed by atoms with van der Waals surface area (Å²) >= 11 is 0. The summed E-state index contributed by atoms with van der Waals surface area (Å²) in [5, 5.41) is 11.0. The summed E-state index contributed by atoms with van der Waals surface area (Å²) < 4.78 is 4.81. The number of ether oxygens (including phenoxy) is 1. The van der Waals surface area contributed by atoms with Crippen LogP contribution in [-0.2, 0) is 4.74 Å². The SMILES string of the molecule is COC(=O)c1cc([N+](=O)[O-])ccc1N1CCC[C@@H](c2ccncn2)C1. The standard InChI is InChI=1S/C17H18N4O4/c1-25-17(22)14-9-13(21(23)24)4-5-16(14)20-8-2-3-12(10-20)15-6-7-18-11-19-15/h4-7,9,11-12H,2-3,8,10H2,1H3/t12-/m1/s1. The Morgan fingerprint density at radius 3 is 2.92 bits per heavy atom. The molecule has 0 N–H and O–H groups in total. The van der Waals surface area contributed by atoms with E-state index in [-0.39, 0.29) is 17.2 Å². The Morgan fingerprint density at radius 1 is 1.40 bits per heavy atom. The van der Waals surface area contributed by atoms with Crippen LogP contribution in [0.1, 0.15) is 34.8 Å². The summed E-state index contributed by atoms with van der Waals surface area (Å²) in [7, 11) is 1.27. The number of hydrogen-bond donors (Lipinski definition) is 0. The molecule has 2 heterocycles. The van der Waals surface area contributed by atoms with Gasteiger partial charge in [-0.1, -0.05) is 0 Å². The van der Waals surface area contributed by atoms with Gasteiger partial charge in [0.1, 0.15) is 6.33 Å². The van der Waals surface area contributed by atoms with Gasteiger partial charge in [-0.2, -0.15) is 0 Å². The van der Waals surface area contributed by atoms with Gasteiger partial charge in [-0.05, 0) is 25.0 Å². The predicted molar refractivity (Wildman–Crippen MR) is 90.7 cm³/mol. The number of nitrogens with zero attached hydrogens (tertiary/aromatic N) is 4. The van der Waals surface area contributed by atoms with E-state index in [0.717, 1.165) is 25.1 Å². The fourth-order valence-electron chi connectivity index (χ4n) is 3.17. The highest BCUT2D eigenvalue weighted by Crippen LogP contribution is 2.32. The Balaban J connectivity index is 1.92. The molecule has 1 aliphatic heterocycles. The second kappa shape index (κ2) is 7.25. The number of aromatic nitrogens is 2. The van der Waals surface area contributed by atoms with Crippen molar-refractivity contribution in [3.8, 4) is 0 Å². The topological polar surface area (TPSA) is 98.5 Å². The lowest BCUT2D eigenvalue weighted by Crippen LogP contribution is -2.35. The molecule has 0 spiro atoms. The van der Waals surface area contributed by atoms with Gasteiger partial charge in [0.25, 0.3) is 5.69 Å². The lowest BCUT2D eigenvalue weighted by molar-refractivity contribution is -0.384. The monoisotopic (exact) mass is 342 g/mol. The van der Waals surface area contributed by atoms with Crippen LogP contribution in [0.25, 0.3) is 0 Å². The molecular weight excluding hydrogens is 324 g/mol. The highest BCUT2D eigenvalue weighted by Gasteiger charge is 2.27. The first-order valence-corrected chi connectivity index (χ1v) is 7.97. The largest absolute Gasteiger partial charge is 0.465 e. The van der Waals surface area contributed by atoms with E-state index in [1.54, 1.807) is 12.3 Å². The van der Waals surface area contributed by atoms with E-state index in [1.807, 2.05) is 6.07 Å². The molecule has 8 heteroatoms. The van der Waals surface area contributed by atoms with Crippen molar-refractivity contribution in [2.45, 2.75) is 18.8 Å². The Kier molecular flexibility index (Phi) is 4.87. The maximum Gasteiger partial charge on any atom is 0.340 e. The molecule has 1 aromatic heterocycles. The minimum atomic E-state index is -0.581. The van der Waals surface area contributed by atoms with E-state index < -0.39 is 10.9 Å². The first-order chi connectivity index (χ1) is 12.1. The van der Waals surface area contributed by atoms with Gasteiger partial charge in [-0.25, -0.2) is 14.8 Å². The minimum absolute atomic E-state index is 0.131. The molecule has 0 saturated carbocycles. The molecule has 3 rings (SSSR count). The number of nitro groups is 1. The minimum Gasteiger partial charge on any atom is -0.465 e. The molecule has 0 unspecified atom stereocenters.